The second-order valence-corrected chi connectivity index (χ2v) is 18.2. The van der Waals surface area contributed by atoms with Crippen LogP contribution in [-0.4, -0.2) is 75.8 Å². The van der Waals surface area contributed by atoms with Gasteiger partial charge in [-0.15, -0.1) is 6.58 Å². The molecule has 1 fully saturated rings. The van der Waals surface area contributed by atoms with E-state index in [1.165, 1.54) is 13.2 Å². The zero-order chi connectivity index (χ0) is 41.7. The van der Waals surface area contributed by atoms with E-state index in [1.807, 2.05) is 65.0 Å². The Labute approximate surface area is 330 Å². The number of aliphatic hydroxyl groups is 1. The quantitative estimate of drug-likeness (QED) is 0.0312. The van der Waals surface area contributed by atoms with Crippen LogP contribution in [0.4, 0.5) is 0 Å². The Morgan fingerprint density at radius 1 is 0.891 bits per heavy atom. The molecule has 0 spiro atoms. The average molecular weight is 774 g/mol. The number of benzene rings is 1. The van der Waals surface area contributed by atoms with Crippen molar-refractivity contribution < 1.29 is 47.9 Å². The molecule has 1 aromatic carbocycles. The topological polar surface area (TPSA) is 139 Å². The SMILES string of the molecule is C=CC(C)(CC(C)(C(=O)OCCCOc1ccc(C=CC(=O)OC)cc1)C(C)(C)C)C(C)(C)C(C)(CC(C)(C)C)C(=O)OCCNC(O)OC1CCCCO1. The molecule has 2 rings (SSSR count). The van der Waals surface area contributed by atoms with Gasteiger partial charge in [0.2, 0.25) is 6.41 Å². The van der Waals surface area contributed by atoms with Gasteiger partial charge in [-0.3, -0.25) is 14.9 Å². The van der Waals surface area contributed by atoms with E-state index in [4.69, 9.17) is 23.7 Å². The molecule has 5 atom stereocenters. The molecule has 11 heteroatoms. The summed E-state index contributed by atoms with van der Waals surface area (Å²) in [4.78, 5) is 39.8. The van der Waals surface area contributed by atoms with Crippen molar-refractivity contribution in [2.24, 2.45) is 32.5 Å². The van der Waals surface area contributed by atoms with Crippen molar-refractivity contribution in [1.29, 1.82) is 0 Å². The summed E-state index contributed by atoms with van der Waals surface area (Å²) in [5.41, 5.74) is -3.39. The molecule has 0 bridgehead atoms. The number of nitrogens with one attached hydrogen (secondary N) is 1. The van der Waals surface area contributed by atoms with Crippen LogP contribution in [0.1, 0.15) is 120 Å². The van der Waals surface area contributed by atoms with Crippen LogP contribution >= 0.6 is 0 Å². The maximum Gasteiger partial charge on any atom is 0.330 e. The van der Waals surface area contributed by atoms with E-state index < -0.39 is 45.7 Å². The Morgan fingerprint density at radius 2 is 1.51 bits per heavy atom. The van der Waals surface area contributed by atoms with Crippen LogP contribution in [0.5, 0.6) is 5.75 Å². The van der Waals surface area contributed by atoms with Crippen LogP contribution in [-0.2, 0) is 38.1 Å². The number of methoxy groups -OCH3 is 1. The van der Waals surface area contributed by atoms with Gasteiger partial charge in [0.05, 0.1) is 31.2 Å². The highest BCUT2D eigenvalue weighted by molar-refractivity contribution is 5.86. The first kappa shape index (κ1) is 47.9. The van der Waals surface area contributed by atoms with Gasteiger partial charge in [0.15, 0.2) is 6.29 Å². The lowest BCUT2D eigenvalue weighted by atomic mass is 9.46. The summed E-state index contributed by atoms with van der Waals surface area (Å²) in [5.74, 6) is -0.449. The van der Waals surface area contributed by atoms with E-state index in [-0.39, 0.29) is 37.1 Å². The fraction of sp³-hybridized carbons (Fsp3) is 0.705. The Balaban J connectivity index is 2.15. The van der Waals surface area contributed by atoms with Crippen molar-refractivity contribution in [3.8, 4) is 5.75 Å². The molecule has 55 heavy (non-hydrogen) atoms. The first-order chi connectivity index (χ1) is 25.4. The van der Waals surface area contributed by atoms with Crippen LogP contribution in [0.3, 0.4) is 0 Å². The van der Waals surface area contributed by atoms with Gasteiger partial charge in [-0.25, -0.2) is 4.79 Å². The highest BCUT2D eigenvalue weighted by atomic mass is 16.7. The minimum Gasteiger partial charge on any atom is -0.493 e. The number of aliphatic hydroxyl groups excluding tert-OH is 1. The van der Waals surface area contributed by atoms with Gasteiger partial charge >= 0.3 is 17.9 Å². The fourth-order valence-electron chi connectivity index (χ4n) is 7.14. The first-order valence-electron chi connectivity index (χ1n) is 19.6. The van der Waals surface area contributed by atoms with Crippen molar-refractivity contribution >= 4 is 24.0 Å². The third-order valence-electron chi connectivity index (χ3n) is 11.8. The maximum absolute atomic E-state index is 14.3. The number of ether oxygens (including phenoxy) is 6. The summed E-state index contributed by atoms with van der Waals surface area (Å²) in [5, 5.41) is 13.2. The number of rotatable bonds is 21. The standard InChI is InChI=1S/C44H71NO10/c1-14-42(10,41(8,9)44(12,30-39(2,3)4)37(48)54-29-25-45-38(49)55-35-18-15-16-26-52-35)31-43(11,40(5,6)7)36(47)53-28-17-27-51-33-22-19-32(20-23-33)21-24-34(46)50-13/h14,19-24,35,38,45,49H,1,15-18,25-31H2,2-13H3. The molecular weight excluding hydrogens is 702 g/mol. The third-order valence-corrected chi connectivity index (χ3v) is 11.8. The number of hydrogen-bond acceptors (Lipinski definition) is 11. The van der Waals surface area contributed by atoms with Gasteiger partial charge in [0, 0.05) is 25.6 Å². The molecule has 11 nitrogen and oxygen atoms in total. The molecule has 0 saturated carbocycles. The minimum atomic E-state index is -1.24. The van der Waals surface area contributed by atoms with E-state index in [2.05, 4.69) is 58.2 Å². The molecule has 1 aromatic rings. The fourth-order valence-corrected chi connectivity index (χ4v) is 7.14. The first-order valence-corrected chi connectivity index (χ1v) is 19.6. The van der Waals surface area contributed by atoms with Gasteiger partial charge in [0.1, 0.15) is 12.4 Å². The van der Waals surface area contributed by atoms with Crippen molar-refractivity contribution in [3.63, 3.8) is 0 Å². The number of hydrogen-bond donors (Lipinski definition) is 2. The van der Waals surface area contributed by atoms with Gasteiger partial charge in [-0.2, -0.15) is 0 Å². The van der Waals surface area contributed by atoms with Crippen LogP contribution in [0.25, 0.3) is 6.08 Å². The molecule has 5 unspecified atom stereocenters. The molecule has 1 aliphatic rings. The Bertz CT molecular complexity index is 1420. The zero-order valence-electron chi connectivity index (χ0n) is 35.8. The number of carbonyl (C=O) groups is 3. The van der Waals surface area contributed by atoms with Crippen molar-refractivity contribution in [3.05, 3.63) is 48.6 Å². The molecule has 0 aliphatic carbocycles. The highest BCUT2D eigenvalue weighted by Crippen LogP contribution is 2.62. The predicted octanol–water partition coefficient (Wildman–Crippen LogP) is 8.24. The van der Waals surface area contributed by atoms with Crippen molar-refractivity contribution in [2.45, 2.75) is 127 Å². The van der Waals surface area contributed by atoms with E-state index in [1.54, 1.807) is 6.08 Å². The summed E-state index contributed by atoms with van der Waals surface area (Å²) in [6, 6.07) is 7.29. The van der Waals surface area contributed by atoms with Crippen LogP contribution in [0, 0.1) is 32.5 Å². The number of esters is 3. The zero-order valence-corrected chi connectivity index (χ0v) is 35.8. The monoisotopic (exact) mass is 774 g/mol. The lowest BCUT2D eigenvalue weighted by molar-refractivity contribution is -0.249. The van der Waals surface area contributed by atoms with Crippen molar-refractivity contribution in [1.82, 2.24) is 5.32 Å². The summed E-state index contributed by atoms with van der Waals surface area (Å²) in [6.07, 6.45) is 7.23. The summed E-state index contributed by atoms with van der Waals surface area (Å²) in [6.45, 7) is 28.1. The van der Waals surface area contributed by atoms with Crippen LogP contribution in [0.2, 0.25) is 0 Å². The predicted molar refractivity (Wildman–Crippen MR) is 215 cm³/mol. The Morgan fingerprint density at radius 3 is 2.05 bits per heavy atom. The van der Waals surface area contributed by atoms with E-state index in [9.17, 15) is 19.5 Å². The van der Waals surface area contributed by atoms with E-state index in [0.717, 1.165) is 18.4 Å². The molecular formula is C44H71NO10. The van der Waals surface area contributed by atoms with Gasteiger partial charge in [0.25, 0.3) is 0 Å². The summed E-state index contributed by atoms with van der Waals surface area (Å²) in [7, 11) is 1.33. The molecule has 0 radical (unpaired) electrons. The average Bonchev–Trinajstić information content (AvgIpc) is 3.11. The summed E-state index contributed by atoms with van der Waals surface area (Å²) < 4.78 is 33.5. The molecule has 1 aliphatic heterocycles. The van der Waals surface area contributed by atoms with Gasteiger partial charge in [-0.05, 0) is 91.4 Å². The summed E-state index contributed by atoms with van der Waals surface area (Å²) >= 11 is 0. The molecule has 1 saturated heterocycles. The maximum atomic E-state index is 14.3. The molecule has 0 aromatic heterocycles. The number of allylic oxidation sites excluding steroid dienone is 1. The molecule has 2 N–H and O–H groups in total. The molecule has 0 amide bonds. The second kappa shape index (κ2) is 20.3. The highest BCUT2D eigenvalue weighted by Gasteiger charge is 2.60. The normalized spacial score (nSPS) is 19.3. The number of carbonyl (C=O) groups excluding carboxylic acids is 3. The van der Waals surface area contributed by atoms with Crippen molar-refractivity contribution in [2.75, 3.05) is 40.1 Å². The Hall–Kier alpha value is -3.25. The second-order valence-electron chi connectivity index (χ2n) is 18.2. The largest absolute Gasteiger partial charge is 0.493 e. The van der Waals surface area contributed by atoms with E-state index >= 15 is 0 Å². The van der Waals surface area contributed by atoms with Crippen LogP contribution < -0.4 is 10.1 Å². The molecule has 312 valence electrons. The Kier molecular flexibility index (Phi) is 17.6. The minimum absolute atomic E-state index is 0.0286. The van der Waals surface area contributed by atoms with Crippen LogP contribution in [0.15, 0.2) is 43.0 Å². The third kappa shape index (κ3) is 13.4. The van der Waals surface area contributed by atoms with E-state index in [0.29, 0.717) is 44.6 Å². The molecule has 1 heterocycles. The lowest BCUT2D eigenvalue weighted by Gasteiger charge is -2.57. The van der Waals surface area contributed by atoms with Gasteiger partial charge < -0.3 is 33.5 Å². The smallest absolute Gasteiger partial charge is 0.330 e. The lowest BCUT2D eigenvalue weighted by Crippen LogP contribution is -2.56. The van der Waals surface area contributed by atoms with Gasteiger partial charge in [-0.1, -0.05) is 80.5 Å².